The summed E-state index contributed by atoms with van der Waals surface area (Å²) in [7, 11) is 0. The van der Waals surface area contributed by atoms with Crippen molar-refractivity contribution in [3.8, 4) is 0 Å². The van der Waals surface area contributed by atoms with Crippen LogP contribution in [-0.4, -0.2) is 28.4 Å². The average molecular weight is 268 g/mol. The Morgan fingerprint density at radius 2 is 2.11 bits per heavy atom. The molecule has 1 aliphatic carbocycles. The summed E-state index contributed by atoms with van der Waals surface area (Å²) in [6.45, 7) is 3.06. The molecule has 0 spiro atoms. The first-order valence-corrected chi connectivity index (χ1v) is 7.52. The lowest BCUT2D eigenvalue weighted by Gasteiger charge is -2.29. The highest BCUT2D eigenvalue weighted by atomic mass is 35.5. The highest BCUT2D eigenvalue weighted by Gasteiger charge is 2.23. The number of hydrogen-bond acceptors (Lipinski definition) is 3. The van der Waals surface area contributed by atoms with Crippen molar-refractivity contribution in [3.63, 3.8) is 0 Å². The molecule has 4 heteroatoms. The molecule has 0 saturated heterocycles. The second kappa shape index (κ2) is 6.93. The Labute approximate surface area is 115 Å². The topological polar surface area (TPSA) is 29.0 Å². The van der Waals surface area contributed by atoms with Crippen LogP contribution in [0.1, 0.15) is 44.7 Å². The van der Waals surface area contributed by atoms with Crippen LogP contribution in [0.3, 0.4) is 0 Å². The van der Waals surface area contributed by atoms with Gasteiger partial charge in [-0.15, -0.1) is 11.6 Å². The molecule has 100 valence electrons. The molecule has 0 atom stereocenters. The second-order valence-corrected chi connectivity index (χ2v) is 5.32. The molecular formula is C14H22ClN3. The van der Waals surface area contributed by atoms with Crippen molar-refractivity contribution in [3.05, 3.63) is 18.1 Å². The van der Waals surface area contributed by atoms with Gasteiger partial charge in [-0.2, -0.15) is 0 Å². The minimum absolute atomic E-state index is 0.619. The molecule has 3 nitrogen and oxygen atoms in total. The van der Waals surface area contributed by atoms with E-state index in [2.05, 4.69) is 27.9 Å². The number of hydrogen-bond donors (Lipinski definition) is 0. The van der Waals surface area contributed by atoms with Crippen molar-refractivity contribution in [1.29, 1.82) is 0 Å². The van der Waals surface area contributed by atoms with Crippen molar-refractivity contribution in [2.24, 2.45) is 0 Å². The zero-order valence-corrected chi connectivity index (χ0v) is 11.9. The standard InChI is InChI=1S/C14H22ClN3/c1-2-5-12-10-14(17-11-16-12)18(9-8-15)13-6-3-4-7-13/h10-11,13H,2-9H2,1H3. The van der Waals surface area contributed by atoms with E-state index in [1.165, 1.54) is 25.7 Å². The largest absolute Gasteiger partial charge is 0.352 e. The number of aryl methyl sites for hydroxylation is 1. The lowest BCUT2D eigenvalue weighted by molar-refractivity contribution is 0.613. The predicted molar refractivity (Wildman–Crippen MR) is 76.3 cm³/mol. The summed E-state index contributed by atoms with van der Waals surface area (Å²) < 4.78 is 0. The molecule has 0 amide bonds. The summed E-state index contributed by atoms with van der Waals surface area (Å²) in [5.41, 5.74) is 1.14. The van der Waals surface area contributed by atoms with E-state index < -0.39 is 0 Å². The Kier molecular flexibility index (Phi) is 5.24. The fourth-order valence-electron chi connectivity index (χ4n) is 2.73. The van der Waals surface area contributed by atoms with Gasteiger partial charge in [0.05, 0.1) is 0 Å². The number of alkyl halides is 1. The van der Waals surface area contributed by atoms with Gasteiger partial charge in [0, 0.05) is 30.2 Å². The van der Waals surface area contributed by atoms with Crippen molar-refractivity contribution in [2.45, 2.75) is 51.5 Å². The maximum atomic E-state index is 5.94. The van der Waals surface area contributed by atoms with Crippen LogP contribution >= 0.6 is 11.6 Å². The van der Waals surface area contributed by atoms with Gasteiger partial charge < -0.3 is 4.90 Å². The van der Waals surface area contributed by atoms with E-state index in [-0.39, 0.29) is 0 Å². The van der Waals surface area contributed by atoms with E-state index >= 15 is 0 Å². The van der Waals surface area contributed by atoms with Gasteiger partial charge in [-0.1, -0.05) is 26.2 Å². The molecule has 2 rings (SSSR count). The van der Waals surface area contributed by atoms with Gasteiger partial charge in [0.2, 0.25) is 0 Å². The van der Waals surface area contributed by atoms with Crippen LogP contribution in [0.2, 0.25) is 0 Å². The zero-order valence-electron chi connectivity index (χ0n) is 11.1. The first-order valence-electron chi connectivity index (χ1n) is 6.98. The molecule has 1 aromatic rings. The van der Waals surface area contributed by atoms with Crippen LogP contribution in [-0.2, 0) is 6.42 Å². The van der Waals surface area contributed by atoms with Crippen LogP contribution in [0, 0.1) is 0 Å². The smallest absolute Gasteiger partial charge is 0.132 e. The molecule has 1 aromatic heterocycles. The lowest BCUT2D eigenvalue weighted by Crippen LogP contribution is -2.35. The summed E-state index contributed by atoms with van der Waals surface area (Å²) in [5, 5.41) is 0. The maximum Gasteiger partial charge on any atom is 0.132 e. The molecule has 0 aliphatic heterocycles. The van der Waals surface area contributed by atoms with E-state index in [1.54, 1.807) is 6.33 Å². The fraction of sp³-hybridized carbons (Fsp3) is 0.714. The van der Waals surface area contributed by atoms with E-state index in [0.29, 0.717) is 11.9 Å². The van der Waals surface area contributed by atoms with Crippen LogP contribution in [0.25, 0.3) is 0 Å². The Morgan fingerprint density at radius 1 is 1.33 bits per heavy atom. The molecule has 0 unspecified atom stereocenters. The third kappa shape index (κ3) is 3.35. The quantitative estimate of drug-likeness (QED) is 0.740. The number of nitrogens with zero attached hydrogens (tertiary/aromatic N) is 3. The van der Waals surface area contributed by atoms with Gasteiger partial charge >= 0.3 is 0 Å². The SMILES string of the molecule is CCCc1cc(N(CCCl)C2CCCC2)ncn1. The Hall–Kier alpha value is -0.830. The average Bonchev–Trinajstić information content (AvgIpc) is 2.90. The van der Waals surface area contributed by atoms with Crippen LogP contribution in [0.5, 0.6) is 0 Å². The minimum atomic E-state index is 0.619. The monoisotopic (exact) mass is 267 g/mol. The summed E-state index contributed by atoms with van der Waals surface area (Å²) >= 11 is 5.94. The van der Waals surface area contributed by atoms with Gasteiger partial charge in [-0.05, 0) is 19.3 Å². The molecule has 0 N–H and O–H groups in total. The number of aromatic nitrogens is 2. The zero-order chi connectivity index (χ0) is 12.8. The molecule has 0 bridgehead atoms. The Balaban J connectivity index is 2.15. The number of rotatable bonds is 6. The second-order valence-electron chi connectivity index (χ2n) is 4.94. The first-order chi connectivity index (χ1) is 8.85. The van der Waals surface area contributed by atoms with Crippen molar-refractivity contribution < 1.29 is 0 Å². The van der Waals surface area contributed by atoms with Crippen molar-refractivity contribution in [2.75, 3.05) is 17.3 Å². The molecular weight excluding hydrogens is 246 g/mol. The maximum absolute atomic E-state index is 5.94. The highest BCUT2D eigenvalue weighted by molar-refractivity contribution is 6.18. The van der Waals surface area contributed by atoms with E-state index in [1.807, 2.05) is 0 Å². The van der Waals surface area contributed by atoms with E-state index in [4.69, 9.17) is 11.6 Å². The van der Waals surface area contributed by atoms with Crippen LogP contribution in [0.15, 0.2) is 12.4 Å². The van der Waals surface area contributed by atoms with E-state index in [0.717, 1.165) is 30.9 Å². The van der Waals surface area contributed by atoms with Crippen molar-refractivity contribution >= 4 is 17.4 Å². The number of halogens is 1. The fourth-order valence-corrected chi connectivity index (χ4v) is 2.91. The Bertz CT molecular complexity index is 364. The molecule has 1 heterocycles. The molecule has 1 fully saturated rings. The third-order valence-corrected chi connectivity index (χ3v) is 3.77. The molecule has 0 radical (unpaired) electrons. The number of anilines is 1. The van der Waals surface area contributed by atoms with Gasteiger partial charge in [-0.3, -0.25) is 0 Å². The summed E-state index contributed by atoms with van der Waals surface area (Å²) in [6.07, 6.45) is 9.03. The molecule has 1 aliphatic rings. The van der Waals surface area contributed by atoms with Crippen LogP contribution < -0.4 is 4.90 Å². The molecule has 1 saturated carbocycles. The molecule has 18 heavy (non-hydrogen) atoms. The Morgan fingerprint density at radius 3 is 2.78 bits per heavy atom. The predicted octanol–water partition coefficient (Wildman–Crippen LogP) is 3.42. The minimum Gasteiger partial charge on any atom is -0.352 e. The highest BCUT2D eigenvalue weighted by Crippen LogP contribution is 2.27. The first kappa shape index (κ1) is 13.6. The normalized spacial score (nSPS) is 16.1. The van der Waals surface area contributed by atoms with Gasteiger partial charge in [0.15, 0.2) is 0 Å². The van der Waals surface area contributed by atoms with Gasteiger partial charge in [0.1, 0.15) is 12.1 Å². The lowest BCUT2D eigenvalue weighted by atomic mass is 10.2. The third-order valence-electron chi connectivity index (χ3n) is 3.60. The van der Waals surface area contributed by atoms with E-state index in [9.17, 15) is 0 Å². The molecule has 0 aromatic carbocycles. The summed E-state index contributed by atoms with van der Waals surface area (Å²) in [4.78, 5) is 11.1. The summed E-state index contributed by atoms with van der Waals surface area (Å²) in [6, 6.07) is 2.75. The van der Waals surface area contributed by atoms with Crippen LogP contribution in [0.4, 0.5) is 5.82 Å². The van der Waals surface area contributed by atoms with Gasteiger partial charge in [-0.25, -0.2) is 9.97 Å². The van der Waals surface area contributed by atoms with Crippen molar-refractivity contribution in [1.82, 2.24) is 9.97 Å². The summed E-state index contributed by atoms with van der Waals surface area (Å²) in [5.74, 6) is 1.71. The van der Waals surface area contributed by atoms with Gasteiger partial charge in [0.25, 0.3) is 0 Å².